The highest BCUT2D eigenvalue weighted by molar-refractivity contribution is 9.10. The van der Waals surface area contributed by atoms with Crippen molar-refractivity contribution < 1.29 is 13.9 Å². The molecule has 0 spiro atoms. The highest BCUT2D eigenvalue weighted by Crippen LogP contribution is 2.28. The number of ether oxygens (including phenoxy) is 1. The van der Waals surface area contributed by atoms with E-state index in [1.165, 1.54) is 25.3 Å². The molecule has 0 aliphatic rings. The van der Waals surface area contributed by atoms with Gasteiger partial charge in [-0.1, -0.05) is 6.07 Å². The zero-order chi connectivity index (χ0) is 14.7. The molecular weight excluding hydrogens is 327 g/mol. The molecule has 3 N–H and O–H groups in total. The van der Waals surface area contributed by atoms with E-state index < -0.39 is 11.7 Å². The minimum Gasteiger partial charge on any atom is -0.495 e. The molecule has 2 aromatic rings. The van der Waals surface area contributed by atoms with Crippen LogP contribution in [0, 0.1) is 5.82 Å². The fourth-order valence-corrected chi connectivity index (χ4v) is 2.08. The number of para-hydroxylation sites is 1. The molecule has 0 bridgehead atoms. The van der Waals surface area contributed by atoms with Gasteiger partial charge in [-0.2, -0.15) is 0 Å². The first-order valence-corrected chi connectivity index (χ1v) is 6.51. The summed E-state index contributed by atoms with van der Waals surface area (Å²) in [6, 6.07) is 9.18. The van der Waals surface area contributed by atoms with Crippen LogP contribution in [0.1, 0.15) is 10.4 Å². The smallest absolute Gasteiger partial charge is 0.257 e. The van der Waals surface area contributed by atoms with Crippen molar-refractivity contribution in [1.82, 2.24) is 0 Å². The lowest BCUT2D eigenvalue weighted by atomic mass is 10.1. The summed E-state index contributed by atoms with van der Waals surface area (Å²) in [7, 11) is 1.52. The SMILES string of the molecule is COc1cc(NC(=O)c2cccc(F)c2N)ccc1Br. The second kappa shape index (κ2) is 5.92. The molecule has 20 heavy (non-hydrogen) atoms. The van der Waals surface area contributed by atoms with Gasteiger partial charge in [0.05, 0.1) is 22.8 Å². The number of nitrogens with two attached hydrogens (primary N) is 1. The summed E-state index contributed by atoms with van der Waals surface area (Å²) in [6.45, 7) is 0. The Bertz CT molecular complexity index is 662. The Kier molecular flexibility index (Phi) is 4.24. The number of carbonyl (C=O) groups excluding carboxylic acids is 1. The summed E-state index contributed by atoms with van der Waals surface area (Å²) in [5.74, 6) is -0.521. The normalized spacial score (nSPS) is 10.2. The molecule has 0 heterocycles. The van der Waals surface area contributed by atoms with Crippen LogP contribution in [0.5, 0.6) is 5.75 Å². The van der Waals surface area contributed by atoms with Crippen molar-refractivity contribution in [3.63, 3.8) is 0 Å². The number of anilines is 2. The van der Waals surface area contributed by atoms with Crippen LogP contribution >= 0.6 is 15.9 Å². The number of hydrogen-bond acceptors (Lipinski definition) is 3. The monoisotopic (exact) mass is 338 g/mol. The van der Waals surface area contributed by atoms with Gasteiger partial charge in [-0.15, -0.1) is 0 Å². The number of halogens is 2. The van der Waals surface area contributed by atoms with Crippen molar-refractivity contribution in [2.45, 2.75) is 0 Å². The summed E-state index contributed by atoms with van der Waals surface area (Å²) >= 11 is 3.32. The topological polar surface area (TPSA) is 64.3 Å². The van der Waals surface area contributed by atoms with Gasteiger partial charge in [0.25, 0.3) is 5.91 Å². The van der Waals surface area contributed by atoms with E-state index >= 15 is 0 Å². The van der Waals surface area contributed by atoms with Gasteiger partial charge in [-0.3, -0.25) is 4.79 Å². The Hall–Kier alpha value is -2.08. The predicted molar refractivity (Wildman–Crippen MR) is 79.5 cm³/mol. The van der Waals surface area contributed by atoms with Gasteiger partial charge < -0.3 is 15.8 Å². The van der Waals surface area contributed by atoms with Gasteiger partial charge in [0, 0.05) is 11.8 Å². The molecule has 0 unspecified atom stereocenters. The van der Waals surface area contributed by atoms with Crippen LogP contribution < -0.4 is 15.8 Å². The van der Waals surface area contributed by atoms with Crippen molar-refractivity contribution in [3.05, 3.63) is 52.3 Å². The Morgan fingerprint density at radius 1 is 1.35 bits per heavy atom. The molecule has 4 nitrogen and oxygen atoms in total. The van der Waals surface area contributed by atoms with Crippen molar-refractivity contribution >= 4 is 33.2 Å². The van der Waals surface area contributed by atoms with E-state index in [2.05, 4.69) is 21.2 Å². The molecule has 0 atom stereocenters. The van der Waals surface area contributed by atoms with Crippen molar-refractivity contribution in [1.29, 1.82) is 0 Å². The van der Waals surface area contributed by atoms with E-state index in [0.29, 0.717) is 11.4 Å². The fraction of sp³-hybridized carbons (Fsp3) is 0.0714. The lowest BCUT2D eigenvalue weighted by molar-refractivity contribution is 0.102. The van der Waals surface area contributed by atoms with E-state index in [-0.39, 0.29) is 11.3 Å². The van der Waals surface area contributed by atoms with Gasteiger partial charge in [-0.25, -0.2) is 4.39 Å². The Balaban J connectivity index is 2.26. The van der Waals surface area contributed by atoms with Gasteiger partial charge >= 0.3 is 0 Å². The minimum atomic E-state index is -0.619. The third-order valence-electron chi connectivity index (χ3n) is 2.71. The largest absolute Gasteiger partial charge is 0.495 e. The maximum atomic E-state index is 13.3. The summed E-state index contributed by atoms with van der Waals surface area (Å²) < 4.78 is 19.2. The zero-order valence-electron chi connectivity index (χ0n) is 10.6. The number of benzene rings is 2. The molecule has 1 amide bonds. The van der Waals surface area contributed by atoms with Crippen LogP contribution in [0.4, 0.5) is 15.8 Å². The number of carbonyl (C=O) groups is 1. The first-order chi connectivity index (χ1) is 9.52. The summed E-state index contributed by atoms with van der Waals surface area (Å²) in [5.41, 5.74) is 5.99. The third kappa shape index (κ3) is 2.91. The maximum absolute atomic E-state index is 13.3. The molecule has 104 valence electrons. The number of rotatable bonds is 3. The van der Waals surface area contributed by atoms with Crippen LogP contribution in [0.3, 0.4) is 0 Å². The summed E-state index contributed by atoms with van der Waals surface area (Å²) in [4.78, 5) is 12.1. The predicted octanol–water partition coefficient (Wildman–Crippen LogP) is 3.43. The molecule has 0 saturated carbocycles. The average Bonchev–Trinajstić information content (AvgIpc) is 2.43. The number of nitrogens with one attached hydrogen (secondary N) is 1. The van der Waals surface area contributed by atoms with Gasteiger partial charge in [0.15, 0.2) is 0 Å². The van der Waals surface area contributed by atoms with Crippen molar-refractivity contribution in [3.8, 4) is 5.75 Å². The first-order valence-electron chi connectivity index (χ1n) is 5.72. The molecule has 0 aliphatic carbocycles. The van der Waals surface area contributed by atoms with Crippen molar-refractivity contribution in [2.75, 3.05) is 18.2 Å². The second-order valence-electron chi connectivity index (χ2n) is 4.00. The van der Waals surface area contributed by atoms with Gasteiger partial charge in [0.2, 0.25) is 0 Å². The minimum absolute atomic E-state index is 0.0897. The van der Waals surface area contributed by atoms with Crippen LogP contribution in [0.2, 0.25) is 0 Å². The average molecular weight is 339 g/mol. The van der Waals surface area contributed by atoms with Crippen LogP contribution in [-0.2, 0) is 0 Å². The summed E-state index contributed by atoms with van der Waals surface area (Å²) in [5, 5.41) is 2.64. The fourth-order valence-electron chi connectivity index (χ4n) is 1.67. The molecule has 0 aromatic heterocycles. The molecule has 0 radical (unpaired) electrons. The highest BCUT2D eigenvalue weighted by Gasteiger charge is 2.13. The quantitative estimate of drug-likeness (QED) is 0.842. The van der Waals surface area contributed by atoms with Gasteiger partial charge in [-0.05, 0) is 40.2 Å². The van der Waals surface area contributed by atoms with Crippen molar-refractivity contribution in [2.24, 2.45) is 0 Å². The van der Waals surface area contributed by atoms with E-state index in [1.807, 2.05) is 0 Å². The Morgan fingerprint density at radius 2 is 2.10 bits per heavy atom. The van der Waals surface area contributed by atoms with Crippen LogP contribution in [0.25, 0.3) is 0 Å². The number of nitrogen functional groups attached to an aromatic ring is 1. The Morgan fingerprint density at radius 3 is 2.80 bits per heavy atom. The molecule has 2 rings (SSSR count). The lowest BCUT2D eigenvalue weighted by Gasteiger charge is -2.10. The first kappa shape index (κ1) is 14.3. The molecule has 0 aliphatic heterocycles. The molecule has 6 heteroatoms. The number of hydrogen-bond donors (Lipinski definition) is 2. The number of amides is 1. The highest BCUT2D eigenvalue weighted by atomic mass is 79.9. The molecule has 0 saturated heterocycles. The molecular formula is C14H12BrFN2O2. The molecule has 2 aromatic carbocycles. The number of methoxy groups -OCH3 is 1. The maximum Gasteiger partial charge on any atom is 0.257 e. The summed E-state index contributed by atoms with van der Waals surface area (Å²) in [6.07, 6.45) is 0. The second-order valence-corrected chi connectivity index (χ2v) is 4.86. The van der Waals surface area contributed by atoms with Crippen LogP contribution in [-0.4, -0.2) is 13.0 Å². The lowest BCUT2D eigenvalue weighted by Crippen LogP contribution is -2.14. The standard InChI is InChI=1S/C14H12BrFN2O2/c1-20-12-7-8(5-6-10(12)15)18-14(19)9-3-2-4-11(16)13(9)17/h2-7H,17H2,1H3,(H,18,19). The van der Waals surface area contributed by atoms with Gasteiger partial charge in [0.1, 0.15) is 11.6 Å². The van der Waals surface area contributed by atoms with E-state index in [0.717, 1.165) is 4.47 Å². The Labute approximate surface area is 123 Å². The van der Waals surface area contributed by atoms with E-state index in [1.54, 1.807) is 18.2 Å². The van der Waals surface area contributed by atoms with E-state index in [9.17, 15) is 9.18 Å². The van der Waals surface area contributed by atoms with E-state index in [4.69, 9.17) is 10.5 Å². The molecule has 0 fully saturated rings. The third-order valence-corrected chi connectivity index (χ3v) is 3.36. The zero-order valence-corrected chi connectivity index (χ0v) is 12.2. The van der Waals surface area contributed by atoms with Crippen LogP contribution in [0.15, 0.2) is 40.9 Å².